The average Bonchev–Trinajstić information content (AvgIpc) is 2.60. The molecule has 3 nitrogen and oxygen atoms in total. The van der Waals surface area contributed by atoms with Gasteiger partial charge in [0.15, 0.2) is 5.65 Å². The van der Waals surface area contributed by atoms with Gasteiger partial charge >= 0.3 is 0 Å². The number of rotatable bonds is 2. The molecular weight excluding hydrogens is 254 g/mol. The second kappa shape index (κ2) is 3.93. The molecule has 2 heterocycles. The van der Waals surface area contributed by atoms with E-state index >= 15 is 0 Å². The molecule has 15 heavy (non-hydrogen) atoms. The molecule has 2 aromatic rings. The standard InChI is InChI=1S/C11H14BrN3/c1-4-7(2)10-5-8(3)15-11(14-10)9(12)6-13-15/h5-7H,4H2,1-3H3. The summed E-state index contributed by atoms with van der Waals surface area (Å²) in [6.07, 6.45) is 2.89. The van der Waals surface area contributed by atoms with E-state index in [4.69, 9.17) is 0 Å². The fourth-order valence-corrected chi connectivity index (χ4v) is 1.92. The highest BCUT2D eigenvalue weighted by molar-refractivity contribution is 9.10. The van der Waals surface area contributed by atoms with Crippen molar-refractivity contribution in [3.05, 3.63) is 28.1 Å². The van der Waals surface area contributed by atoms with Gasteiger partial charge in [0.1, 0.15) is 0 Å². The van der Waals surface area contributed by atoms with Gasteiger partial charge in [0.05, 0.1) is 10.7 Å². The quantitative estimate of drug-likeness (QED) is 0.836. The van der Waals surface area contributed by atoms with Crippen LogP contribution >= 0.6 is 15.9 Å². The Balaban J connectivity index is 2.65. The van der Waals surface area contributed by atoms with E-state index in [-0.39, 0.29) is 0 Å². The van der Waals surface area contributed by atoms with Crippen molar-refractivity contribution in [3.63, 3.8) is 0 Å². The van der Waals surface area contributed by atoms with Crippen LogP contribution < -0.4 is 0 Å². The highest BCUT2D eigenvalue weighted by atomic mass is 79.9. The van der Waals surface area contributed by atoms with Crippen molar-refractivity contribution in [1.29, 1.82) is 0 Å². The molecule has 4 heteroatoms. The summed E-state index contributed by atoms with van der Waals surface area (Å²) in [4.78, 5) is 4.62. The van der Waals surface area contributed by atoms with Gasteiger partial charge in [-0.05, 0) is 41.3 Å². The van der Waals surface area contributed by atoms with Crippen molar-refractivity contribution in [2.75, 3.05) is 0 Å². The van der Waals surface area contributed by atoms with Gasteiger partial charge < -0.3 is 0 Å². The Hall–Kier alpha value is -0.900. The zero-order chi connectivity index (χ0) is 11.0. The summed E-state index contributed by atoms with van der Waals surface area (Å²) in [7, 11) is 0. The second-order valence-corrected chi connectivity index (χ2v) is 4.71. The van der Waals surface area contributed by atoms with Crippen LogP contribution in [-0.4, -0.2) is 14.6 Å². The summed E-state index contributed by atoms with van der Waals surface area (Å²) in [6.45, 7) is 6.43. The maximum Gasteiger partial charge on any atom is 0.169 e. The molecule has 2 rings (SSSR count). The molecular formula is C11H14BrN3. The Morgan fingerprint density at radius 1 is 1.53 bits per heavy atom. The summed E-state index contributed by atoms with van der Waals surface area (Å²) in [5, 5.41) is 4.25. The Labute approximate surface area is 97.6 Å². The molecule has 80 valence electrons. The molecule has 0 aliphatic carbocycles. The Morgan fingerprint density at radius 2 is 2.27 bits per heavy atom. The Morgan fingerprint density at radius 3 is 2.93 bits per heavy atom. The van der Waals surface area contributed by atoms with E-state index in [0.717, 1.165) is 27.9 Å². The van der Waals surface area contributed by atoms with Crippen molar-refractivity contribution < 1.29 is 0 Å². The lowest BCUT2D eigenvalue weighted by Gasteiger charge is -2.09. The molecule has 0 amide bonds. The molecule has 0 aliphatic heterocycles. The molecule has 1 atom stereocenters. The monoisotopic (exact) mass is 267 g/mol. The van der Waals surface area contributed by atoms with Crippen LogP contribution in [0.15, 0.2) is 16.7 Å². The van der Waals surface area contributed by atoms with Gasteiger partial charge in [0.2, 0.25) is 0 Å². The molecule has 1 unspecified atom stereocenters. The molecule has 0 N–H and O–H groups in total. The van der Waals surface area contributed by atoms with Crippen LogP contribution in [-0.2, 0) is 0 Å². The number of hydrogen-bond acceptors (Lipinski definition) is 2. The molecule has 0 bridgehead atoms. The van der Waals surface area contributed by atoms with Crippen molar-refractivity contribution in [2.45, 2.75) is 33.1 Å². The largest absolute Gasteiger partial charge is 0.232 e. The number of aromatic nitrogens is 3. The minimum Gasteiger partial charge on any atom is -0.232 e. The van der Waals surface area contributed by atoms with Crippen LogP contribution in [0.4, 0.5) is 0 Å². The third-order valence-corrected chi connectivity index (χ3v) is 3.30. The molecule has 0 spiro atoms. The highest BCUT2D eigenvalue weighted by Gasteiger charge is 2.10. The Bertz CT molecular complexity index is 490. The van der Waals surface area contributed by atoms with Crippen molar-refractivity contribution >= 4 is 21.6 Å². The van der Waals surface area contributed by atoms with E-state index in [1.54, 1.807) is 6.20 Å². The molecule has 0 aliphatic rings. The Kier molecular flexibility index (Phi) is 2.78. The van der Waals surface area contributed by atoms with Crippen LogP contribution in [0.5, 0.6) is 0 Å². The first-order valence-electron chi connectivity index (χ1n) is 5.14. The van der Waals surface area contributed by atoms with Crippen LogP contribution in [0.2, 0.25) is 0 Å². The van der Waals surface area contributed by atoms with Crippen molar-refractivity contribution in [2.24, 2.45) is 0 Å². The smallest absolute Gasteiger partial charge is 0.169 e. The predicted molar refractivity (Wildman–Crippen MR) is 64.1 cm³/mol. The van der Waals surface area contributed by atoms with Crippen LogP contribution in [0.3, 0.4) is 0 Å². The van der Waals surface area contributed by atoms with Gasteiger partial charge in [0.25, 0.3) is 0 Å². The SMILES string of the molecule is CCC(C)c1cc(C)n2ncc(Br)c2n1. The van der Waals surface area contributed by atoms with E-state index in [1.807, 2.05) is 4.52 Å². The molecule has 0 aromatic carbocycles. The minimum absolute atomic E-state index is 0.496. The summed E-state index contributed by atoms with van der Waals surface area (Å²) < 4.78 is 2.81. The van der Waals surface area contributed by atoms with Crippen LogP contribution in [0, 0.1) is 6.92 Å². The van der Waals surface area contributed by atoms with E-state index in [2.05, 4.69) is 52.9 Å². The van der Waals surface area contributed by atoms with Gasteiger partial charge in [-0.2, -0.15) is 5.10 Å². The van der Waals surface area contributed by atoms with Gasteiger partial charge in [-0.25, -0.2) is 9.50 Å². The molecule has 0 fully saturated rings. The lowest BCUT2D eigenvalue weighted by molar-refractivity contribution is 0.701. The van der Waals surface area contributed by atoms with Crippen molar-refractivity contribution in [1.82, 2.24) is 14.6 Å². The summed E-state index contributed by atoms with van der Waals surface area (Å²) in [6, 6.07) is 2.11. The van der Waals surface area contributed by atoms with Gasteiger partial charge in [-0.1, -0.05) is 13.8 Å². The summed E-state index contributed by atoms with van der Waals surface area (Å²) in [5.74, 6) is 0.496. The lowest BCUT2D eigenvalue weighted by atomic mass is 10.0. The maximum atomic E-state index is 4.62. The van der Waals surface area contributed by atoms with Gasteiger partial charge in [0, 0.05) is 11.4 Å². The van der Waals surface area contributed by atoms with E-state index < -0.39 is 0 Å². The number of fused-ring (bicyclic) bond motifs is 1. The van der Waals surface area contributed by atoms with Crippen LogP contribution in [0.25, 0.3) is 5.65 Å². The zero-order valence-electron chi connectivity index (χ0n) is 9.16. The highest BCUT2D eigenvalue weighted by Crippen LogP contribution is 2.22. The molecule has 0 saturated heterocycles. The average molecular weight is 268 g/mol. The van der Waals surface area contributed by atoms with Gasteiger partial charge in [-0.15, -0.1) is 0 Å². The van der Waals surface area contributed by atoms with Crippen molar-refractivity contribution in [3.8, 4) is 0 Å². The normalized spacial score (nSPS) is 13.3. The fraction of sp³-hybridized carbons (Fsp3) is 0.455. The number of nitrogens with zero attached hydrogens (tertiary/aromatic N) is 3. The van der Waals surface area contributed by atoms with E-state index in [9.17, 15) is 0 Å². The number of halogens is 1. The van der Waals surface area contributed by atoms with E-state index in [1.165, 1.54) is 0 Å². The van der Waals surface area contributed by atoms with Gasteiger partial charge in [-0.3, -0.25) is 0 Å². The van der Waals surface area contributed by atoms with Crippen LogP contribution in [0.1, 0.15) is 37.6 Å². The summed E-state index contributed by atoms with van der Waals surface area (Å²) in [5.41, 5.74) is 3.18. The maximum absolute atomic E-state index is 4.62. The number of aryl methyl sites for hydroxylation is 1. The fourth-order valence-electron chi connectivity index (χ4n) is 1.57. The molecule has 2 aromatic heterocycles. The first-order chi connectivity index (χ1) is 7.13. The lowest BCUT2D eigenvalue weighted by Crippen LogP contribution is -2.02. The second-order valence-electron chi connectivity index (χ2n) is 3.86. The minimum atomic E-state index is 0.496. The third-order valence-electron chi connectivity index (χ3n) is 2.74. The third kappa shape index (κ3) is 1.78. The summed E-state index contributed by atoms with van der Waals surface area (Å²) >= 11 is 3.46. The topological polar surface area (TPSA) is 30.2 Å². The molecule has 0 saturated carbocycles. The predicted octanol–water partition coefficient (Wildman–Crippen LogP) is 3.31. The first-order valence-corrected chi connectivity index (χ1v) is 5.93. The zero-order valence-corrected chi connectivity index (χ0v) is 10.7. The van der Waals surface area contributed by atoms with E-state index in [0.29, 0.717) is 5.92 Å². The molecule has 0 radical (unpaired) electrons. The first kappa shape index (κ1) is 10.6. The number of hydrogen-bond donors (Lipinski definition) is 0.